The van der Waals surface area contributed by atoms with E-state index in [1.807, 2.05) is 12.1 Å². The van der Waals surface area contributed by atoms with Gasteiger partial charge in [-0.15, -0.1) is 0 Å². The van der Waals surface area contributed by atoms with Gasteiger partial charge in [0, 0.05) is 12.1 Å². The van der Waals surface area contributed by atoms with Crippen LogP contribution >= 0.6 is 0 Å². The molecule has 0 aliphatic heterocycles. The summed E-state index contributed by atoms with van der Waals surface area (Å²) in [6.07, 6.45) is 6.22. The predicted molar refractivity (Wildman–Crippen MR) is 135 cm³/mol. The average molecular weight is 447 g/mol. The van der Waals surface area contributed by atoms with Gasteiger partial charge < -0.3 is 0 Å². The van der Waals surface area contributed by atoms with Crippen molar-refractivity contribution in [3.8, 4) is 11.1 Å². The second-order valence-electron chi connectivity index (χ2n) is 8.20. The first-order valence-electron chi connectivity index (χ1n) is 11.2. The van der Waals surface area contributed by atoms with Gasteiger partial charge in [0.1, 0.15) is 13.1 Å². The van der Waals surface area contributed by atoms with Crippen molar-refractivity contribution in [3.63, 3.8) is 0 Å². The Labute approximate surface area is 198 Å². The van der Waals surface area contributed by atoms with Crippen LogP contribution in [-0.4, -0.2) is 9.49 Å². The third-order valence-corrected chi connectivity index (χ3v) is 5.91. The smallest absolute Gasteiger partial charge is 0.258 e. The summed E-state index contributed by atoms with van der Waals surface area (Å²) in [5, 5.41) is 10.8. The van der Waals surface area contributed by atoms with Crippen molar-refractivity contribution in [1.82, 2.24) is 4.57 Å². The molecular formula is C29H24N3O2+. The molecule has 5 heteroatoms. The van der Waals surface area contributed by atoms with Crippen molar-refractivity contribution in [2.45, 2.75) is 13.1 Å². The van der Waals surface area contributed by atoms with E-state index in [-0.39, 0.29) is 10.6 Å². The van der Waals surface area contributed by atoms with Crippen LogP contribution in [0.2, 0.25) is 0 Å². The van der Waals surface area contributed by atoms with Crippen LogP contribution in [-0.2, 0) is 13.1 Å². The van der Waals surface area contributed by atoms with Crippen LogP contribution in [0.25, 0.3) is 28.2 Å². The van der Waals surface area contributed by atoms with Gasteiger partial charge in [-0.05, 0) is 52.6 Å². The van der Waals surface area contributed by atoms with E-state index in [0.717, 1.165) is 17.6 Å². The number of aromatic nitrogens is 2. The molecule has 0 atom stereocenters. The number of benzene rings is 4. The fraction of sp³-hybridized carbons (Fsp3) is 0.0690. The van der Waals surface area contributed by atoms with Gasteiger partial charge in [-0.3, -0.25) is 10.1 Å². The number of nitro groups is 1. The maximum atomic E-state index is 10.8. The van der Waals surface area contributed by atoms with E-state index < -0.39 is 0 Å². The first-order chi connectivity index (χ1) is 16.7. The van der Waals surface area contributed by atoms with E-state index in [1.165, 1.54) is 34.3 Å². The van der Waals surface area contributed by atoms with Crippen LogP contribution in [0.3, 0.4) is 0 Å². The first kappa shape index (κ1) is 21.3. The summed E-state index contributed by atoms with van der Waals surface area (Å²) in [6, 6.07) is 34.1. The lowest BCUT2D eigenvalue weighted by Crippen LogP contribution is -2.32. The van der Waals surface area contributed by atoms with E-state index >= 15 is 0 Å². The number of fused-ring (bicyclic) bond motifs is 1. The molecule has 0 spiro atoms. The van der Waals surface area contributed by atoms with Crippen molar-refractivity contribution in [1.29, 1.82) is 0 Å². The molecule has 0 radical (unpaired) electrons. The highest BCUT2D eigenvalue weighted by Crippen LogP contribution is 2.20. The van der Waals surface area contributed by atoms with Crippen LogP contribution in [0.4, 0.5) is 5.69 Å². The molecule has 166 valence electrons. The molecule has 5 rings (SSSR count). The lowest BCUT2D eigenvalue weighted by molar-refractivity contribution is -0.663. The number of nitrogens with zero attached hydrogens (tertiary/aromatic N) is 3. The topological polar surface area (TPSA) is 52.0 Å². The highest BCUT2D eigenvalue weighted by atomic mass is 16.6. The van der Waals surface area contributed by atoms with Crippen molar-refractivity contribution in [3.05, 3.63) is 137 Å². The van der Waals surface area contributed by atoms with Gasteiger partial charge >= 0.3 is 0 Å². The van der Waals surface area contributed by atoms with E-state index in [4.69, 9.17) is 0 Å². The number of hydrogen-bond donors (Lipinski definition) is 0. The number of non-ortho nitro benzene ring substituents is 1. The summed E-state index contributed by atoms with van der Waals surface area (Å²) in [7, 11) is 0. The third kappa shape index (κ3) is 4.64. The number of nitro benzene ring substituents is 1. The van der Waals surface area contributed by atoms with E-state index in [1.54, 1.807) is 12.1 Å². The quantitative estimate of drug-likeness (QED) is 0.168. The number of allylic oxidation sites excluding steroid dienone is 1. The summed E-state index contributed by atoms with van der Waals surface area (Å²) < 4.78 is 4.49. The maximum Gasteiger partial charge on any atom is 0.269 e. The number of para-hydroxylation sites is 2. The molecule has 0 amide bonds. The molecule has 0 fully saturated rings. The van der Waals surface area contributed by atoms with E-state index in [0.29, 0.717) is 6.54 Å². The van der Waals surface area contributed by atoms with Gasteiger partial charge in [0.15, 0.2) is 11.0 Å². The zero-order valence-electron chi connectivity index (χ0n) is 18.6. The predicted octanol–water partition coefficient (Wildman–Crippen LogP) is 6.27. The molecule has 0 bridgehead atoms. The Kier molecular flexibility index (Phi) is 5.99. The lowest BCUT2D eigenvalue weighted by atomic mass is 10.0. The Morgan fingerprint density at radius 3 is 2.21 bits per heavy atom. The Hall–Kier alpha value is -4.51. The van der Waals surface area contributed by atoms with Crippen LogP contribution < -0.4 is 4.57 Å². The average Bonchev–Trinajstić information content (AvgIpc) is 3.22. The zero-order valence-corrected chi connectivity index (χ0v) is 18.6. The van der Waals surface area contributed by atoms with Gasteiger partial charge in [-0.1, -0.05) is 72.8 Å². The Morgan fingerprint density at radius 1 is 0.794 bits per heavy atom. The molecular weight excluding hydrogens is 422 g/mol. The van der Waals surface area contributed by atoms with Gasteiger partial charge in [-0.2, -0.15) is 0 Å². The minimum absolute atomic E-state index is 0.103. The van der Waals surface area contributed by atoms with Crippen molar-refractivity contribution < 1.29 is 9.49 Å². The Morgan fingerprint density at radius 2 is 1.47 bits per heavy atom. The second kappa shape index (κ2) is 9.55. The molecule has 0 aliphatic rings. The summed E-state index contributed by atoms with van der Waals surface area (Å²) >= 11 is 0. The fourth-order valence-corrected chi connectivity index (χ4v) is 4.15. The monoisotopic (exact) mass is 446 g/mol. The maximum absolute atomic E-state index is 10.8. The number of imidazole rings is 1. The minimum Gasteiger partial charge on any atom is -0.258 e. The Bertz CT molecular complexity index is 1450. The molecule has 0 unspecified atom stereocenters. The molecule has 0 saturated heterocycles. The molecule has 0 N–H and O–H groups in total. The normalized spacial score (nSPS) is 11.3. The van der Waals surface area contributed by atoms with Gasteiger partial charge in [-0.25, -0.2) is 9.13 Å². The fourth-order valence-electron chi connectivity index (χ4n) is 4.15. The molecule has 5 nitrogen and oxygen atoms in total. The SMILES string of the molecule is O=[N+]([O-])c1ccc(/C=C/Cn2c[n+](Cc3ccc(-c4ccccc4)cc3)c3ccccc32)cc1. The lowest BCUT2D eigenvalue weighted by Gasteiger charge is -2.03. The standard InChI is InChI=1S/C29H24N3O2/c33-32(34)27-18-14-23(15-19-27)7-6-20-30-22-31(29-11-5-4-10-28(29)30)21-24-12-16-26(17-13-24)25-8-2-1-3-9-25/h1-19,22H,20-21H2/q+1/b7-6+. The molecule has 0 aliphatic carbocycles. The van der Waals surface area contributed by atoms with E-state index in [9.17, 15) is 10.1 Å². The molecule has 5 aromatic rings. The van der Waals surface area contributed by atoms with Crippen LogP contribution in [0.1, 0.15) is 11.1 Å². The summed E-state index contributed by atoms with van der Waals surface area (Å²) in [5.41, 5.74) is 7.07. The summed E-state index contributed by atoms with van der Waals surface area (Å²) in [6.45, 7) is 1.49. The highest BCUT2D eigenvalue weighted by molar-refractivity contribution is 5.71. The minimum atomic E-state index is -0.382. The molecule has 34 heavy (non-hydrogen) atoms. The van der Waals surface area contributed by atoms with Crippen LogP contribution in [0, 0.1) is 10.1 Å². The van der Waals surface area contributed by atoms with Gasteiger partial charge in [0.2, 0.25) is 6.33 Å². The Balaban J connectivity index is 1.34. The first-order valence-corrected chi connectivity index (χ1v) is 11.2. The van der Waals surface area contributed by atoms with Crippen molar-refractivity contribution >= 4 is 22.8 Å². The summed E-state index contributed by atoms with van der Waals surface area (Å²) in [4.78, 5) is 10.5. The number of hydrogen-bond acceptors (Lipinski definition) is 2. The summed E-state index contributed by atoms with van der Waals surface area (Å²) in [5.74, 6) is 0. The van der Waals surface area contributed by atoms with Crippen LogP contribution in [0.5, 0.6) is 0 Å². The van der Waals surface area contributed by atoms with E-state index in [2.05, 4.69) is 94.3 Å². The van der Waals surface area contributed by atoms with Gasteiger partial charge in [0.25, 0.3) is 5.69 Å². The molecule has 4 aromatic carbocycles. The van der Waals surface area contributed by atoms with Crippen molar-refractivity contribution in [2.75, 3.05) is 0 Å². The largest absolute Gasteiger partial charge is 0.269 e. The second-order valence-corrected chi connectivity index (χ2v) is 8.20. The zero-order chi connectivity index (χ0) is 23.3. The van der Waals surface area contributed by atoms with Crippen molar-refractivity contribution in [2.24, 2.45) is 0 Å². The molecule has 0 saturated carbocycles. The molecule has 1 heterocycles. The number of rotatable bonds is 7. The van der Waals surface area contributed by atoms with Gasteiger partial charge in [0.05, 0.1) is 4.92 Å². The molecule has 1 aromatic heterocycles. The van der Waals surface area contributed by atoms with Crippen LogP contribution in [0.15, 0.2) is 116 Å². The third-order valence-electron chi connectivity index (χ3n) is 5.91. The highest BCUT2D eigenvalue weighted by Gasteiger charge is 2.14.